The molecule has 0 aromatic heterocycles. The van der Waals surface area contributed by atoms with Crippen molar-refractivity contribution in [1.29, 1.82) is 0 Å². The lowest BCUT2D eigenvalue weighted by atomic mass is 9.77. The average molecular weight is 404 g/mol. The molecule has 150 valence electrons. The van der Waals surface area contributed by atoms with Crippen LogP contribution in [0.5, 0.6) is 0 Å². The van der Waals surface area contributed by atoms with Crippen molar-refractivity contribution in [3.8, 4) is 0 Å². The molecular weight excluding hydrogens is 378 g/mol. The zero-order valence-corrected chi connectivity index (χ0v) is 16.9. The van der Waals surface area contributed by atoms with Crippen LogP contribution in [0.2, 0.25) is 0 Å². The standard InChI is InChI=1S/C22H25NO4.ClH/c1-23(14-20(24)25)21(15-6-4-3-5-7-15)18-10-8-17-13-19(22(26)27-2)11-9-16(17)12-18;/h3-7,9,11,13,18,21H,8,10,12,14H2,1-2H3,(H,24,25);1H. The topological polar surface area (TPSA) is 66.8 Å². The number of fused-ring (bicyclic) bond motifs is 1. The number of benzene rings is 2. The van der Waals surface area contributed by atoms with Crippen molar-refractivity contribution in [2.24, 2.45) is 5.92 Å². The third kappa shape index (κ3) is 4.91. The largest absolute Gasteiger partial charge is 0.480 e. The van der Waals surface area contributed by atoms with Crippen LogP contribution in [0.25, 0.3) is 0 Å². The smallest absolute Gasteiger partial charge is 0.337 e. The highest BCUT2D eigenvalue weighted by atomic mass is 35.5. The van der Waals surface area contributed by atoms with Crippen molar-refractivity contribution < 1.29 is 19.4 Å². The second-order valence-corrected chi connectivity index (χ2v) is 7.14. The van der Waals surface area contributed by atoms with E-state index < -0.39 is 5.97 Å². The van der Waals surface area contributed by atoms with Crippen LogP contribution in [-0.4, -0.2) is 42.6 Å². The van der Waals surface area contributed by atoms with E-state index in [-0.39, 0.29) is 31.0 Å². The molecule has 0 saturated carbocycles. The van der Waals surface area contributed by atoms with Gasteiger partial charge in [-0.2, -0.15) is 0 Å². The molecule has 0 saturated heterocycles. The third-order valence-corrected chi connectivity index (χ3v) is 5.34. The number of esters is 1. The van der Waals surface area contributed by atoms with Crippen molar-refractivity contribution in [3.63, 3.8) is 0 Å². The molecule has 0 aliphatic heterocycles. The number of halogens is 1. The maximum Gasteiger partial charge on any atom is 0.337 e. The molecule has 0 heterocycles. The van der Waals surface area contributed by atoms with Crippen molar-refractivity contribution >= 4 is 24.3 Å². The van der Waals surface area contributed by atoms with E-state index in [4.69, 9.17) is 4.74 Å². The monoisotopic (exact) mass is 403 g/mol. The van der Waals surface area contributed by atoms with E-state index >= 15 is 0 Å². The van der Waals surface area contributed by atoms with E-state index in [1.807, 2.05) is 48.3 Å². The Kier molecular flexibility index (Phi) is 7.61. The molecule has 0 amide bonds. The van der Waals surface area contributed by atoms with Crippen LogP contribution >= 0.6 is 12.4 Å². The van der Waals surface area contributed by atoms with Crippen molar-refractivity contribution in [2.45, 2.75) is 25.3 Å². The molecule has 0 bridgehead atoms. The molecule has 0 radical (unpaired) electrons. The van der Waals surface area contributed by atoms with Crippen LogP contribution in [0.3, 0.4) is 0 Å². The molecule has 2 aromatic rings. The van der Waals surface area contributed by atoms with Gasteiger partial charge < -0.3 is 9.84 Å². The minimum absolute atomic E-state index is 0. The molecule has 5 nitrogen and oxygen atoms in total. The van der Waals surface area contributed by atoms with Crippen LogP contribution in [0.4, 0.5) is 0 Å². The van der Waals surface area contributed by atoms with Crippen LogP contribution in [0.1, 0.15) is 39.5 Å². The minimum atomic E-state index is -0.822. The van der Waals surface area contributed by atoms with Crippen LogP contribution in [-0.2, 0) is 22.4 Å². The van der Waals surface area contributed by atoms with Gasteiger partial charge in [0, 0.05) is 6.04 Å². The lowest BCUT2D eigenvalue weighted by Gasteiger charge is -2.37. The summed E-state index contributed by atoms with van der Waals surface area (Å²) in [7, 11) is 3.27. The number of hydrogen-bond donors (Lipinski definition) is 1. The number of methoxy groups -OCH3 is 1. The predicted molar refractivity (Wildman–Crippen MR) is 110 cm³/mol. The Bertz CT molecular complexity index is 825. The van der Waals surface area contributed by atoms with Gasteiger partial charge in [0.05, 0.1) is 19.2 Å². The van der Waals surface area contributed by atoms with E-state index in [0.29, 0.717) is 11.5 Å². The maximum atomic E-state index is 11.8. The Morgan fingerprint density at radius 1 is 1.18 bits per heavy atom. The molecular formula is C22H26ClNO4. The van der Waals surface area contributed by atoms with Gasteiger partial charge in [-0.3, -0.25) is 9.69 Å². The Balaban J connectivity index is 0.00000280. The summed E-state index contributed by atoms with van der Waals surface area (Å²) in [5.41, 5.74) is 4.13. The molecule has 2 aromatic carbocycles. The highest BCUT2D eigenvalue weighted by Gasteiger charge is 2.31. The Morgan fingerprint density at radius 2 is 1.89 bits per heavy atom. The number of aliphatic carboxylic acids is 1. The lowest BCUT2D eigenvalue weighted by Crippen LogP contribution is -2.36. The second kappa shape index (κ2) is 9.71. The normalized spacial score (nSPS) is 16.6. The summed E-state index contributed by atoms with van der Waals surface area (Å²) in [5.74, 6) is -0.825. The van der Waals surface area contributed by atoms with E-state index in [1.165, 1.54) is 18.2 Å². The average Bonchev–Trinajstić information content (AvgIpc) is 2.67. The summed E-state index contributed by atoms with van der Waals surface area (Å²) in [6.45, 7) is 0.00416. The van der Waals surface area contributed by atoms with E-state index in [1.54, 1.807) is 0 Å². The molecule has 1 aliphatic rings. The number of rotatable bonds is 6. The highest BCUT2D eigenvalue weighted by molar-refractivity contribution is 5.89. The quantitative estimate of drug-likeness (QED) is 0.744. The van der Waals surface area contributed by atoms with Gasteiger partial charge in [-0.15, -0.1) is 12.4 Å². The molecule has 0 spiro atoms. The van der Waals surface area contributed by atoms with Crippen molar-refractivity contribution in [3.05, 3.63) is 70.8 Å². The van der Waals surface area contributed by atoms with Gasteiger partial charge in [-0.25, -0.2) is 4.79 Å². The first kappa shape index (κ1) is 21.9. The second-order valence-electron chi connectivity index (χ2n) is 7.14. The molecule has 28 heavy (non-hydrogen) atoms. The summed E-state index contributed by atoms with van der Waals surface area (Å²) in [4.78, 5) is 25.0. The fourth-order valence-electron chi connectivity index (χ4n) is 4.15. The van der Waals surface area contributed by atoms with Crippen LogP contribution in [0, 0.1) is 5.92 Å². The van der Waals surface area contributed by atoms with Gasteiger partial charge in [0.25, 0.3) is 0 Å². The molecule has 1 aliphatic carbocycles. The van der Waals surface area contributed by atoms with E-state index in [0.717, 1.165) is 24.8 Å². The van der Waals surface area contributed by atoms with Crippen molar-refractivity contribution in [1.82, 2.24) is 4.90 Å². The third-order valence-electron chi connectivity index (χ3n) is 5.34. The number of nitrogens with zero attached hydrogens (tertiary/aromatic N) is 1. The first-order chi connectivity index (χ1) is 13.0. The zero-order chi connectivity index (χ0) is 19.4. The summed E-state index contributed by atoms with van der Waals surface area (Å²) in [6, 6.07) is 15.9. The summed E-state index contributed by atoms with van der Waals surface area (Å²) in [5, 5.41) is 9.26. The molecule has 2 atom stereocenters. The van der Waals surface area contributed by atoms with Crippen LogP contribution in [0.15, 0.2) is 48.5 Å². The summed E-state index contributed by atoms with van der Waals surface area (Å²) in [6.07, 6.45) is 2.68. The molecule has 3 rings (SSSR count). The van der Waals surface area contributed by atoms with Gasteiger partial charge in [-0.05, 0) is 61.1 Å². The first-order valence-corrected chi connectivity index (χ1v) is 9.16. The van der Waals surface area contributed by atoms with Crippen LogP contribution < -0.4 is 0 Å². The Hall–Kier alpha value is -2.37. The number of carbonyl (C=O) groups excluding carboxylic acids is 1. The zero-order valence-electron chi connectivity index (χ0n) is 16.1. The number of ether oxygens (including phenoxy) is 1. The fourth-order valence-corrected chi connectivity index (χ4v) is 4.15. The van der Waals surface area contributed by atoms with Gasteiger partial charge in [0.15, 0.2) is 0 Å². The minimum Gasteiger partial charge on any atom is -0.480 e. The maximum absolute atomic E-state index is 11.8. The first-order valence-electron chi connectivity index (χ1n) is 9.16. The fraction of sp³-hybridized carbons (Fsp3) is 0.364. The molecule has 6 heteroatoms. The molecule has 1 N–H and O–H groups in total. The number of hydrogen-bond acceptors (Lipinski definition) is 4. The predicted octanol–water partition coefficient (Wildman–Crippen LogP) is 3.76. The Morgan fingerprint density at radius 3 is 2.54 bits per heavy atom. The van der Waals surface area contributed by atoms with Gasteiger partial charge >= 0.3 is 11.9 Å². The lowest BCUT2D eigenvalue weighted by molar-refractivity contribution is -0.138. The number of likely N-dealkylation sites (N-methyl/N-ethyl adjacent to an activating group) is 1. The molecule has 2 unspecified atom stereocenters. The summed E-state index contributed by atoms with van der Waals surface area (Å²) >= 11 is 0. The number of carboxylic acid groups (broad SMARTS) is 1. The Labute approximate surface area is 171 Å². The van der Waals surface area contributed by atoms with E-state index in [9.17, 15) is 14.7 Å². The number of carbonyl (C=O) groups is 2. The van der Waals surface area contributed by atoms with Gasteiger partial charge in [0.2, 0.25) is 0 Å². The highest BCUT2D eigenvalue weighted by Crippen LogP contribution is 2.37. The van der Waals surface area contributed by atoms with Gasteiger partial charge in [0.1, 0.15) is 0 Å². The number of aryl methyl sites for hydroxylation is 1. The summed E-state index contributed by atoms with van der Waals surface area (Å²) < 4.78 is 4.81. The molecule has 0 fully saturated rings. The van der Waals surface area contributed by atoms with Crippen molar-refractivity contribution in [2.75, 3.05) is 20.7 Å². The SMILES string of the molecule is COC(=O)c1ccc2c(c1)CCC(C(c1ccccc1)N(C)CC(=O)O)C2.Cl. The van der Waals surface area contributed by atoms with Gasteiger partial charge in [-0.1, -0.05) is 36.4 Å². The number of carboxylic acids is 1. The van der Waals surface area contributed by atoms with E-state index in [2.05, 4.69) is 12.1 Å².